The fourth-order valence-corrected chi connectivity index (χ4v) is 3.61. The first-order chi connectivity index (χ1) is 9.71. The molecule has 2 aromatic rings. The first-order valence-corrected chi connectivity index (χ1v) is 8.43. The second-order valence-corrected chi connectivity index (χ2v) is 6.36. The van der Waals surface area contributed by atoms with Crippen LogP contribution in [0.1, 0.15) is 48.7 Å². The molecular formula is C15H22ClN3S. The molecule has 0 radical (unpaired) electrons. The van der Waals surface area contributed by atoms with Crippen LogP contribution in [0.3, 0.4) is 0 Å². The number of thiophene rings is 1. The Hall–Kier alpha value is -0.840. The van der Waals surface area contributed by atoms with E-state index < -0.39 is 0 Å². The van der Waals surface area contributed by atoms with Crippen LogP contribution in [0, 0.1) is 0 Å². The van der Waals surface area contributed by atoms with Crippen LogP contribution in [0.4, 0.5) is 0 Å². The van der Waals surface area contributed by atoms with E-state index in [0.29, 0.717) is 0 Å². The lowest BCUT2D eigenvalue weighted by atomic mass is 10.1. The summed E-state index contributed by atoms with van der Waals surface area (Å²) in [5, 5.41) is 8.70. The number of hydrogen-bond acceptors (Lipinski definition) is 3. The molecule has 0 saturated carbocycles. The Balaban J connectivity index is 2.39. The average Bonchev–Trinajstić information content (AvgIpc) is 3.05. The maximum absolute atomic E-state index is 6.38. The van der Waals surface area contributed by atoms with Crippen molar-refractivity contribution in [3.8, 4) is 0 Å². The van der Waals surface area contributed by atoms with Gasteiger partial charge in [0.25, 0.3) is 0 Å². The lowest BCUT2D eigenvalue weighted by molar-refractivity contribution is 0.524. The smallest absolute Gasteiger partial charge is 0.0857 e. The molecule has 2 rings (SSSR count). The van der Waals surface area contributed by atoms with E-state index in [2.05, 4.69) is 43.3 Å². The summed E-state index contributed by atoms with van der Waals surface area (Å²) in [6.45, 7) is 8.26. The number of hydrogen-bond donors (Lipinski definition) is 1. The summed E-state index contributed by atoms with van der Waals surface area (Å²) < 4.78 is 2.03. The third-order valence-corrected chi connectivity index (χ3v) is 4.85. The van der Waals surface area contributed by atoms with Crippen molar-refractivity contribution >= 4 is 22.9 Å². The summed E-state index contributed by atoms with van der Waals surface area (Å²) >= 11 is 8.24. The first kappa shape index (κ1) is 15.5. The zero-order chi connectivity index (χ0) is 14.5. The fraction of sp³-hybridized carbons (Fsp3) is 0.533. The Kier molecular flexibility index (Phi) is 5.64. The standard InChI is InChI=1S/C15H22ClN3S/c1-4-9-19-15(12(16)10-18-19)14(17-6-3)13-8-7-11(5-2)20-13/h7-8,10,14,17H,4-6,9H2,1-3H3. The summed E-state index contributed by atoms with van der Waals surface area (Å²) in [6.07, 6.45) is 3.88. The molecule has 2 aromatic heterocycles. The van der Waals surface area contributed by atoms with Gasteiger partial charge in [0, 0.05) is 16.3 Å². The van der Waals surface area contributed by atoms with Gasteiger partial charge in [-0.2, -0.15) is 5.10 Å². The quantitative estimate of drug-likeness (QED) is 0.827. The Morgan fingerprint density at radius 3 is 2.75 bits per heavy atom. The molecular weight excluding hydrogens is 290 g/mol. The van der Waals surface area contributed by atoms with Crippen molar-refractivity contribution in [2.24, 2.45) is 0 Å². The highest BCUT2D eigenvalue weighted by Crippen LogP contribution is 2.32. The van der Waals surface area contributed by atoms with Crippen LogP contribution in [-0.4, -0.2) is 16.3 Å². The van der Waals surface area contributed by atoms with E-state index in [-0.39, 0.29) is 6.04 Å². The van der Waals surface area contributed by atoms with Crippen LogP contribution < -0.4 is 5.32 Å². The van der Waals surface area contributed by atoms with Gasteiger partial charge in [0.2, 0.25) is 0 Å². The van der Waals surface area contributed by atoms with Crippen LogP contribution >= 0.6 is 22.9 Å². The van der Waals surface area contributed by atoms with E-state index in [1.165, 1.54) is 9.75 Å². The van der Waals surface area contributed by atoms with Gasteiger partial charge in [0.15, 0.2) is 0 Å². The molecule has 1 atom stereocenters. The van der Waals surface area contributed by atoms with Gasteiger partial charge in [-0.1, -0.05) is 32.4 Å². The molecule has 0 aliphatic carbocycles. The highest BCUT2D eigenvalue weighted by molar-refractivity contribution is 7.12. The van der Waals surface area contributed by atoms with E-state index in [1.54, 1.807) is 6.20 Å². The maximum Gasteiger partial charge on any atom is 0.0857 e. The topological polar surface area (TPSA) is 29.9 Å². The average molecular weight is 312 g/mol. The number of nitrogens with zero attached hydrogens (tertiary/aromatic N) is 2. The Labute approximate surface area is 130 Å². The zero-order valence-electron chi connectivity index (χ0n) is 12.3. The van der Waals surface area contributed by atoms with Gasteiger partial charge in [-0.25, -0.2) is 0 Å². The van der Waals surface area contributed by atoms with Gasteiger partial charge in [0.1, 0.15) is 0 Å². The first-order valence-electron chi connectivity index (χ1n) is 7.24. The van der Waals surface area contributed by atoms with Gasteiger partial charge in [0.05, 0.1) is 23.0 Å². The molecule has 0 aliphatic rings. The van der Waals surface area contributed by atoms with Crippen LogP contribution in [0.2, 0.25) is 5.02 Å². The van der Waals surface area contributed by atoms with Gasteiger partial charge in [-0.15, -0.1) is 11.3 Å². The second kappa shape index (κ2) is 7.25. The molecule has 0 aromatic carbocycles. The number of halogens is 1. The molecule has 0 amide bonds. The summed E-state index contributed by atoms with van der Waals surface area (Å²) in [5.41, 5.74) is 1.08. The second-order valence-electron chi connectivity index (χ2n) is 4.75. The van der Waals surface area contributed by atoms with Crippen LogP contribution in [0.15, 0.2) is 18.3 Å². The molecule has 1 unspecified atom stereocenters. The molecule has 20 heavy (non-hydrogen) atoms. The molecule has 5 heteroatoms. The number of nitrogens with one attached hydrogen (secondary N) is 1. The van der Waals surface area contributed by atoms with E-state index >= 15 is 0 Å². The zero-order valence-corrected chi connectivity index (χ0v) is 13.9. The third-order valence-electron chi connectivity index (χ3n) is 3.27. The minimum Gasteiger partial charge on any atom is -0.305 e. The van der Waals surface area contributed by atoms with Crippen LogP contribution in [0.25, 0.3) is 0 Å². The molecule has 0 fully saturated rings. The molecule has 0 spiro atoms. The van der Waals surface area contributed by atoms with Gasteiger partial charge >= 0.3 is 0 Å². The Morgan fingerprint density at radius 1 is 1.35 bits per heavy atom. The normalized spacial score (nSPS) is 12.8. The van der Waals surface area contributed by atoms with E-state index in [0.717, 1.165) is 36.6 Å². The van der Waals surface area contributed by atoms with Gasteiger partial charge in [-0.05, 0) is 31.5 Å². The van der Waals surface area contributed by atoms with Crippen molar-refractivity contribution < 1.29 is 0 Å². The highest BCUT2D eigenvalue weighted by Gasteiger charge is 2.22. The summed E-state index contributed by atoms with van der Waals surface area (Å²) in [6, 6.07) is 4.54. The molecule has 0 bridgehead atoms. The number of aryl methyl sites for hydroxylation is 2. The molecule has 0 aliphatic heterocycles. The van der Waals surface area contributed by atoms with Gasteiger partial charge in [-0.3, -0.25) is 4.68 Å². The SMILES string of the molecule is CCCn1ncc(Cl)c1C(NCC)c1ccc(CC)s1. The predicted octanol–water partition coefficient (Wildman–Crippen LogP) is 4.27. The molecule has 110 valence electrons. The number of rotatable bonds is 7. The largest absolute Gasteiger partial charge is 0.305 e. The lowest BCUT2D eigenvalue weighted by Gasteiger charge is -2.19. The van der Waals surface area contributed by atoms with Crippen LogP contribution in [0.5, 0.6) is 0 Å². The van der Waals surface area contributed by atoms with Crippen molar-refractivity contribution in [3.05, 3.63) is 38.8 Å². The Bertz CT molecular complexity index is 547. The van der Waals surface area contributed by atoms with E-state index in [4.69, 9.17) is 11.6 Å². The minimum atomic E-state index is 0.131. The monoisotopic (exact) mass is 311 g/mol. The molecule has 1 N–H and O–H groups in total. The lowest BCUT2D eigenvalue weighted by Crippen LogP contribution is -2.24. The fourth-order valence-electron chi connectivity index (χ4n) is 2.32. The highest BCUT2D eigenvalue weighted by atomic mass is 35.5. The maximum atomic E-state index is 6.38. The Morgan fingerprint density at radius 2 is 2.15 bits per heavy atom. The van der Waals surface area contributed by atoms with E-state index in [1.807, 2.05) is 16.0 Å². The van der Waals surface area contributed by atoms with Crippen LogP contribution in [-0.2, 0) is 13.0 Å². The predicted molar refractivity (Wildman–Crippen MR) is 86.7 cm³/mol. The molecule has 2 heterocycles. The molecule has 0 saturated heterocycles. The summed E-state index contributed by atoms with van der Waals surface area (Å²) in [7, 11) is 0. The minimum absolute atomic E-state index is 0.131. The van der Waals surface area contributed by atoms with Crippen molar-refractivity contribution in [1.29, 1.82) is 0 Å². The van der Waals surface area contributed by atoms with Crippen molar-refractivity contribution in [2.75, 3.05) is 6.54 Å². The summed E-state index contributed by atoms with van der Waals surface area (Å²) in [4.78, 5) is 2.71. The third kappa shape index (κ3) is 3.25. The molecule has 3 nitrogen and oxygen atoms in total. The van der Waals surface area contributed by atoms with Crippen molar-refractivity contribution in [1.82, 2.24) is 15.1 Å². The summed E-state index contributed by atoms with van der Waals surface area (Å²) in [5.74, 6) is 0. The van der Waals surface area contributed by atoms with E-state index in [9.17, 15) is 0 Å². The number of aromatic nitrogens is 2. The van der Waals surface area contributed by atoms with Gasteiger partial charge < -0.3 is 5.32 Å². The van der Waals surface area contributed by atoms with Crippen molar-refractivity contribution in [2.45, 2.75) is 46.2 Å². The van der Waals surface area contributed by atoms with Crippen molar-refractivity contribution in [3.63, 3.8) is 0 Å².